The van der Waals surface area contributed by atoms with Crippen LogP contribution in [0.15, 0.2) is 121 Å². The summed E-state index contributed by atoms with van der Waals surface area (Å²) in [6.45, 7) is 0. The van der Waals surface area contributed by atoms with Crippen LogP contribution in [-0.2, 0) is 5.41 Å². The van der Waals surface area contributed by atoms with Crippen LogP contribution in [0.5, 0.6) is 0 Å². The molecule has 5 aromatic rings. The van der Waals surface area contributed by atoms with Crippen molar-refractivity contribution in [2.45, 2.75) is 5.41 Å². The first-order chi connectivity index (χ1) is 15.9. The lowest BCUT2D eigenvalue weighted by Crippen LogP contribution is -2.33. The molecule has 1 spiro atoms. The van der Waals surface area contributed by atoms with Gasteiger partial charge in [0.2, 0.25) is 0 Å². The van der Waals surface area contributed by atoms with Gasteiger partial charge >= 0.3 is 0 Å². The van der Waals surface area contributed by atoms with Crippen molar-refractivity contribution in [3.63, 3.8) is 0 Å². The van der Waals surface area contributed by atoms with Crippen molar-refractivity contribution in [3.8, 4) is 22.3 Å². The zero-order valence-corrected chi connectivity index (χ0v) is 17.5. The third-order valence-corrected chi connectivity index (χ3v) is 7.08. The Balaban J connectivity index is 1.60. The minimum Gasteiger partial charge on any atom is -0.355 e. The standard InChI is InChI=1S/C31H21N/c1-2-10-21(11-3-1)22-18-19-28-30(20-22)32-29-17-9-8-16-27(29)31(28)25-14-6-4-12-23(25)24-13-5-7-15-26(24)31/h1-20,32H. The van der Waals surface area contributed by atoms with Crippen LogP contribution in [0.1, 0.15) is 22.3 Å². The summed E-state index contributed by atoms with van der Waals surface area (Å²) in [4.78, 5) is 0. The Labute approximate surface area is 188 Å². The van der Waals surface area contributed by atoms with E-state index in [1.807, 2.05) is 0 Å². The van der Waals surface area contributed by atoms with E-state index in [2.05, 4.69) is 127 Å². The third kappa shape index (κ3) is 2.18. The van der Waals surface area contributed by atoms with E-state index < -0.39 is 0 Å². The molecule has 0 bridgehead atoms. The van der Waals surface area contributed by atoms with Crippen molar-refractivity contribution in [1.29, 1.82) is 0 Å². The second-order valence-corrected chi connectivity index (χ2v) is 8.64. The van der Waals surface area contributed by atoms with E-state index in [9.17, 15) is 0 Å². The number of fused-ring (bicyclic) bond motifs is 9. The molecule has 150 valence electrons. The molecule has 32 heavy (non-hydrogen) atoms. The van der Waals surface area contributed by atoms with Gasteiger partial charge in [0.15, 0.2) is 0 Å². The van der Waals surface area contributed by atoms with Gasteiger partial charge in [-0.2, -0.15) is 0 Å². The largest absolute Gasteiger partial charge is 0.355 e. The first-order valence-electron chi connectivity index (χ1n) is 11.1. The number of hydrogen-bond acceptors (Lipinski definition) is 1. The molecule has 7 rings (SSSR count). The third-order valence-electron chi connectivity index (χ3n) is 7.08. The normalized spacial score (nSPS) is 14.1. The average molecular weight is 408 g/mol. The van der Waals surface area contributed by atoms with Gasteiger partial charge in [-0.1, -0.05) is 109 Å². The van der Waals surface area contributed by atoms with E-state index >= 15 is 0 Å². The zero-order valence-electron chi connectivity index (χ0n) is 17.5. The van der Waals surface area contributed by atoms with Crippen molar-refractivity contribution in [3.05, 3.63) is 144 Å². The van der Waals surface area contributed by atoms with Gasteiger partial charge in [-0.3, -0.25) is 0 Å². The number of hydrogen-bond donors (Lipinski definition) is 1. The monoisotopic (exact) mass is 407 g/mol. The van der Waals surface area contributed by atoms with Crippen LogP contribution >= 0.6 is 0 Å². The van der Waals surface area contributed by atoms with E-state index in [1.54, 1.807) is 0 Å². The molecule has 0 aromatic heterocycles. The lowest BCUT2D eigenvalue weighted by Gasteiger charge is -2.40. The quantitative estimate of drug-likeness (QED) is 0.293. The summed E-state index contributed by atoms with van der Waals surface area (Å²) in [7, 11) is 0. The van der Waals surface area contributed by atoms with Crippen molar-refractivity contribution in [2.24, 2.45) is 0 Å². The molecule has 2 aliphatic rings. The Bertz CT molecular complexity index is 1450. The van der Waals surface area contributed by atoms with Crippen LogP contribution < -0.4 is 5.32 Å². The van der Waals surface area contributed by atoms with Gasteiger partial charge in [0.05, 0.1) is 5.41 Å². The molecule has 1 nitrogen and oxygen atoms in total. The number of nitrogens with one attached hydrogen (secondary N) is 1. The van der Waals surface area contributed by atoms with E-state index in [0.717, 1.165) is 0 Å². The molecule has 0 saturated carbocycles. The smallest absolute Gasteiger partial charge is 0.0753 e. The van der Waals surface area contributed by atoms with Crippen LogP contribution in [0.3, 0.4) is 0 Å². The van der Waals surface area contributed by atoms with Gasteiger partial charge in [0.1, 0.15) is 0 Å². The van der Waals surface area contributed by atoms with Crippen molar-refractivity contribution < 1.29 is 0 Å². The van der Waals surface area contributed by atoms with E-state index in [0.29, 0.717) is 0 Å². The molecule has 0 radical (unpaired) electrons. The Hall–Kier alpha value is -4.10. The molecule has 5 aromatic carbocycles. The highest BCUT2D eigenvalue weighted by atomic mass is 14.9. The Morgan fingerprint density at radius 3 is 1.69 bits per heavy atom. The van der Waals surface area contributed by atoms with Crippen LogP contribution in [0.25, 0.3) is 22.3 Å². The number of para-hydroxylation sites is 1. The fraction of sp³-hybridized carbons (Fsp3) is 0.0323. The van der Waals surface area contributed by atoms with Gasteiger partial charge < -0.3 is 5.32 Å². The molecule has 1 aliphatic heterocycles. The fourth-order valence-corrected chi connectivity index (χ4v) is 5.81. The summed E-state index contributed by atoms with van der Waals surface area (Å²) in [5, 5.41) is 3.76. The second-order valence-electron chi connectivity index (χ2n) is 8.64. The van der Waals surface area contributed by atoms with Gasteiger partial charge in [0.25, 0.3) is 0 Å². The Morgan fingerprint density at radius 1 is 0.406 bits per heavy atom. The molecule has 1 N–H and O–H groups in total. The minimum absolute atomic E-state index is 0.320. The highest BCUT2D eigenvalue weighted by molar-refractivity contribution is 5.93. The van der Waals surface area contributed by atoms with Crippen molar-refractivity contribution in [2.75, 3.05) is 5.32 Å². The fourth-order valence-electron chi connectivity index (χ4n) is 5.81. The highest BCUT2D eigenvalue weighted by Gasteiger charge is 2.49. The molecule has 0 fully saturated rings. The van der Waals surface area contributed by atoms with Gasteiger partial charge in [0, 0.05) is 11.4 Å². The topological polar surface area (TPSA) is 12.0 Å². The van der Waals surface area contributed by atoms with E-state index in [4.69, 9.17) is 0 Å². The summed E-state index contributed by atoms with van der Waals surface area (Å²) < 4.78 is 0. The predicted molar refractivity (Wildman–Crippen MR) is 132 cm³/mol. The molecule has 1 heteroatoms. The van der Waals surface area contributed by atoms with Gasteiger partial charge in [-0.05, 0) is 56.6 Å². The minimum atomic E-state index is -0.320. The second kappa shape index (κ2) is 6.45. The maximum Gasteiger partial charge on any atom is 0.0753 e. The first kappa shape index (κ1) is 17.6. The summed E-state index contributed by atoms with van der Waals surface area (Å²) in [5.74, 6) is 0. The van der Waals surface area contributed by atoms with Crippen LogP contribution in [0, 0.1) is 0 Å². The average Bonchev–Trinajstić information content (AvgIpc) is 3.16. The van der Waals surface area contributed by atoms with Gasteiger partial charge in [-0.25, -0.2) is 0 Å². The van der Waals surface area contributed by atoms with Gasteiger partial charge in [-0.15, -0.1) is 0 Å². The molecular weight excluding hydrogens is 386 g/mol. The maximum atomic E-state index is 3.76. The van der Waals surface area contributed by atoms with Crippen molar-refractivity contribution in [1.82, 2.24) is 0 Å². The summed E-state index contributed by atoms with van der Waals surface area (Å²) in [6, 6.07) is 44.1. The first-order valence-corrected chi connectivity index (χ1v) is 11.1. The zero-order chi connectivity index (χ0) is 21.1. The summed E-state index contributed by atoms with van der Waals surface area (Å²) >= 11 is 0. The Morgan fingerprint density at radius 2 is 0.969 bits per heavy atom. The summed E-state index contributed by atoms with van der Waals surface area (Å²) in [5.41, 5.74) is 12.5. The number of rotatable bonds is 1. The molecule has 0 amide bonds. The molecule has 0 saturated heterocycles. The molecular formula is C31H21N. The maximum absolute atomic E-state index is 3.76. The molecule has 0 unspecified atom stereocenters. The predicted octanol–water partition coefficient (Wildman–Crippen LogP) is 7.77. The number of benzene rings is 5. The highest BCUT2D eigenvalue weighted by Crippen LogP contribution is 2.60. The SMILES string of the molecule is c1ccc(-c2ccc3c(c2)Nc2ccccc2C32c3ccccc3-c3ccccc32)cc1. The van der Waals surface area contributed by atoms with E-state index in [-0.39, 0.29) is 5.41 Å². The lowest BCUT2D eigenvalue weighted by molar-refractivity contribution is 0.763. The Kier molecular flexibility index (Phi) is 3.54. The molecule has 0 atom stereocenters. The summed E-state index contributed by atoms with van der Waals surface area (Å²) in [6.07, 6.45) is 0. The number of anilines is 2. The van der Waals surface area contributed by atoms with Crippen molar-refractivity contribution >= 4 is 11.4 Å². The van der Waals surface area contributed by atoms with Crippen LogP contribution in [0.2, 0.25) is 0 Å². The van der Waals surface area contributed by atoms with Crippen LogP contribution in [0.4, 0.5) is 11.4 Å². The molecule has 1 heterocycles. The van der Waals surface area contributed by atoms with Crippen LogP contribution in [-0.4, -0.2) is 0 Å². The molecule has 1 aliphatic carbocycles. The van der Waals surface area contributed by atoms with E-state index in [1.165, 1.54) is 55.9 Å². The lowest BCUT2D eigenvalue weighted by atomic mass is 9.65.